The van der Waals surface area contributed by atoms with Gasteiger partial charge in [-0.15, -0.1) is 22.7 Å². The summed E-state index contributed by atoms with van der Waals surface area (Å²) in [5.41, 5.74) is 2.05. The average molecular weight is 393 g/mol. The second kappa shape index (κ2) is 7.37. The van der Waals surface area contributed by atoms with E-state index in [1.165, 1.54) is 18.4 Å². The number of hydrogen-bond acceptors (Lipinski definition) is 5. The van der Waals surface area contributed by atoms with Crippen molar-refractivity contribution in [2.45, 2.75) is 0 Å². The average Bonchev–Trinajstić information content (AvgIpc) is 3.23. The highest BCUT2D eigenvalue weighted by atomic mass is 35.5. The van der Waals surface area contributed by atoms with E-state index in [-0.39, 0.29) is 0 Å². The van der Waals surface area contributed by atoms with Crippen molar-refractivity contribution in [3.8, 4) is 22.4 Å². The largest absolute Gasteiger partial charge is 0.494 e. The lowest BCUT2D eigenvalue weighted by atomic mass is 10.1. The van der Waals surface area contributed by atoms with Crippen LogP contribution in [0.25, 0.3) is 22.2 Å². The maximum Gasteiger partial charge on any atom is 0.156 e. The zero-order valence-electron chi connectivity index (χ0n) is 12.4. The van der Waals surface area contributed by atoms with Gasteiger partial charge in [-0.1, -0.05) is 29.3 Å². The highest BCUT2D eigenvalue weighted by molar-refractivity contribution is 7.14. The van der Waals surface area contributed by atoms with E-state index in [9.17, 15) is 5.26 Å². The zero-order valence-corrected chi connectivity index (χ0v) is 15.6. The lowest BCUT2D eigenvalue weighted by molar-refractivity contribution is 0.415. The van der Waals surface area contributed by atoms with Gasteiger partial charge in [0.05, 0.1) is 33.3 Å². The first kappa shape index (κ1) is 17.0. The summed E-state index contributed by atoms with van der Waals surface area (Å²) in [5, 5.41) is 14.9. The van der Waals surface area contributed by atoms with Crippen LogP contribution < -0.4 is 4.74 Å². The first-order chi connectivity index (χ1) is 11.6. The second-order valence-corrected chi connectivity index (χ2v) is 7.32. The summed E-state index contributed by atoms with van der Waals surface area (Å²) < 4.78 is 5.13. The van der Waals surface area contributed by atoms with Gasteiger partial charge in [-0.05, 0) is 35.2 Å². The number of aromatic nitrogens is 1. The summed E-state index contributed by atoms with van der Waals surface area (Å²) >= 11 is 15.3. The van der Waals surface area contributed by atoms with Crippen LogP contribution >= 0.6 is 45.9 Å². The Morgan fingerprint density at radius 2 is 2.04 bits per heavy atom. The highest BCUT2D eigenvalue weighted by Gasteiger charge is 2.12. The Kier molecular flexibility index (Phi) is 5.22. The Bertz CT molecular complexity index is 917. The van der Waals surface area contributed by atoms with Crippen LogP contribution in [0.2, 0.25) is 10.0 Å². The molecule has 2 heterocycles. The summed E-state index contributed by atoms with van der Waals surface area (Å²) in [7, 11) is 1.50. The number of hydrogen-bond donors (Lipinski definition) is 0. The van der Waals surface area contributed by atoms with Crippen molar-refractivity contribution >= 4 is 57.5 Å². The number of benzene rings is 1. The fourth-order valence-corrected chi connectivity index (χ4v) is 4.31. The molecule has 7 heteroatoms. The maximum atomic E-state index is 9.48. The topological polar surface area (TPSA) is 45.9 Å². The molecule has 120 valence electrons. The lowest BCUT2D eigenvalue weighted by Crippen LogP contribution is -1.87. The van der Waals surface area contributed by atoms with Crippen LogP contribution in [0.4, 0.5) is 0 Å². The van der Waals surface area contributed by atoms with Crippen molar-refractivity contribution in [2.24, 2.45) is 0 Å². The van der Waals surface area contributed by atoms with E-state index in [1.54, 1.807) is 29.5 Å². The van der Waals surface area contributed by atoms with E-state index >= 15 is 0 Å². The van der Waals surface area contributed by atoms with Gasteiger partial charge in [0.25, 0.3) is 0 Å². The molecule has 0 spiro atoms. The van der Waals surface area contributed by atoms with Gasteiger partial charge in [-0.25, -0.2) is 4.98 Å². The Balaban J connectivity index is 1.98. The molecule has 0 aliphatic rings. The third kappa shape index (κ3) is 3.47. The molecular weight excluding hydrogens is 383 g/mol. The Morgan fingerprint density at radius 3 is 2.62 bits per heavy atom. The van der Waals surface area contributed by atoms with Crippen LogP contribution in [-0.2, 0) is 0 Å². The summed E-state index contributed by atoms with van der Waals surface area (Å²) in [4.78, 5) is 5.62. The SMILES string of the molecule is COc1c(Cl)cc(/C=C(/C#N)c2nc(-c3cccs3)cs2)cc1Cl. The quantitative estimate of drug-likeness (QED) is 0.492. The Morgan fingerprint density at radius 1 is 1.29 bits per heavy atom. The molecule has 24 heavy (non-hydrogen) atoms. The number of nitriles is 1. The van der Waals surface area contributed by atoms with Crippen LogP contribution in [-0.4, -0.2) is 12.1 Å². The first-order valence-corrected chi connectivity index (χ1v) is 9.28. The molecule has 3 aromatic rings. The summed E-state index contributed by atoms with van der Waals surface area (Å²) in [6, 6.07) is 9.58. The maximum absolute atomic E-state index is 9.48. The van der Waals surface area contributed by atoms with E-state index in [0.29, 0.717) is 26.4 Å². The van der Waals surface area contributed by atoms with Crippen molar-refractivity contribution < 1.29 is 4.74 Å². The molecule has 0 aliphatic heterocycles. The predicted molar refractivity (Wildman–Crippen MR) is 102 cm³/mol. The van der Waals surface area contributed by atoms with Gasteiger partial charge in [0, 0.05) is 5.38 Å². The van der Waals surface area contributed by atoms with Gasteiger partial charge in [0.15, 0.2) is 5.75 Å². The molecule has 2 aromatic heterocycles. The van der Waals surface area contributed by atoms with Crippen molar-refractivity contribution in [3.63, 3.8) is 0 Å². The van der Waals surface area contributed by atoms with E-state index in [1.807, 2.05) is 22.9 Å². The Hall–Kier alpha value is -1.84. The number of nitrogens with zero attached hydrogens (tertiary/aromatic N) is 2. The summed E-state index contributed by atoms with van der Waals surface area (Å²) in [6.45, 7) is 0. The zero-order chi connectivity index (χ0) is 17.1. The number of allylic oxidation sites excluding steroid dienone is 1. The van der Waals surface area contributed by atoms with Crippen LogP contribution in [0.5, 0.6) is 5.75 Å². The van der Waals surface area contributed by atoms with Gasteiger partial charge in [0.1, 0.15) is 11.1 Å². The molecule has 0 atom stereocenters. The molecule has 0 saturated carbocycles. The predicted octanol–water partition coefficient (Wildman–Crippen LogP) is 6.25. The fraction of sp³-hybridized carbons (Fsp3) is 0.0588. The van der Waals surface area contributed by atoms with Crippen molar-refractivity contribution in [1.29, 1.82) is 5.26 Å². The third-order valence-corrected chi connectivity index (χ3v) is 5.49. The molecule has 3 nitrogen and oxygen atoms in total. The summed E-state index contributed by atoms with van der Waals surface area (Å²) in [6.07, 6.45) is 1.72. The van der Waals surface area contributed by atoms with E-state index in [0.717, 1.165) is 16.1 Å². The standard InChI is InChI=1S/C17H10Cl2N2OS2/c1-22-16-12(18)6-10(7-13(16)19)5-11(8-20)17-21-14(9-24-17)15-3-2-4-23-15/h2-7,9H,1H3/b11-5-. The minimum Gasteiger partial charge on any atom is -0.494 e. The molecule has 0 N–H and O–H groups in total. The number of ether oxygens (including phenoxy) is 1. The molecule has 3 rings (SSSR count). The number of methoxy groups -OCH3 is 1. The van der Waals surface area contributed by atoms with Gasteiger partial charge >= 0.3 is 0 Å². The van der Waals surface area contributed by atoms with Crippen molar-refractivity contribution in [3.05, 3.63) is 55.6 Å². The van der Waals surface area contributed by atoms with E-state index in [4.69, 9.17) is 27.9 Å². The van der Waals surface area contributed by atoms with Crippen LogP contribution in [0.1, 0.15) is 10.6 Å². The molecule has 0 amide bonds. The minimum absolute atomic E-state index is 0.395. The normalized spacial score (nSPS) is 11.3. The van der Waals surface area contributed by atoms with Gasteiger partial charge in [0.2, 0.25) is 0 Å². The Labute approximate surface area is 157 Å². The monoisotopic (exact) mass is 392 g/mol. The molecule has 0 radical (unpaired) electrons. The van der Waals surface area contributed by atoms with Crippen LogP contribution in [0.3, 0.4) is 0 Å². The molecule has 0 unspecified atom stereocenters. The number of thiazole rings is 1. The molecule has 0 saturated heterocycles. The number of thiophene rings is 1. The van der Waals surface area contributed by atoms with Gasteiger partial charge < -0.3 is 4.74 Å². The fourth-order valence-electron chi connectivity index (χ4n) is 2.10. The molecule has 0 aliphatic carbocycles. The molecular formula is C17H10Cl2N2OS2. The third-order valence-electron chi connectivity index (χ3n) is 3.16. The van der Waals surface area contributed by atoms with Crippen LogP contribution in [0, 0.1) is 11.3 Å². The van der Waals surface area contributed by atoms with E-state index in [2.05, 4.69) is 11.1 Å². The second-order valence-electron chi connectivity index (χ2n) is 4.70. The number of halogens is 2. The van der Waals surface area contributed by atoms with E-state index < -0.39 is 0 Å². The minimum atomic E-state index is 0.395. The van der Waals surface area contributed by atoms with Crippen molar-refractivity contribution in [2.75, 3.05) is 7.11 Å². The van der Waals surface area contributed by atoms with Gasteiger partial charge in [-0.3, -0.25) is 0 Å². The smallest absolute Gasteiger partial charge is 0.156 e. The van der Waals surface area contributed by atoms with Crippen molar-refractivity contribution in [1.82, 2.24) is 4.98 Å². The van der Waals surface area contributed by atoms with Crippen LogP contribution in [0.15, 0.2) is 35.0 Å². The molecule has 1 aromatic carbocycles. The van der Waals surface area contributed by atoms with Gasteiger partial charge in [-0.2, -0.15) is 5.26 Å². The highest BCUT2D eigenvalue weighted by Crippen LogP contribution is 2.35. The first-order valence-electron chi connectivity index (χ1n) is 6.77. The summed E-state index contributed by atoms with van der Waals surface area (Å²) in [5.74, 6) is 0.420. The molecule has 0 fully saturated rings. The lowest BCUT2D eigenvalue weighted by Gasteiger charge is -2.06. The molecule has 0 bridgehead atoms. The number of rotatable bonds is 4.